The zero-order valence-corrected chi connectivity index (χ0v) is 15.8. The molecule has 4 rings (SSSR count). The molecule has 0 aromatic heterocycles. The van der Waals surface area contributed by atoms with E-state index in [9.17, 15) is 40.5 Å². The van der Waals surface area contributed by atoms with E-state index >= 15 is 0 Å². The maximum Gasteiger partial charge on any atom is 0.203 e. The lowest BCUT2D eigenvalue weighted by Gasteiger charge is -2.39. The van der Waals surface area contributed by atoms with Crippen LogP contribution in [0.3, 0.4) is 0 Å². The van der Waals surface area contributed by atoms with Crippen molar-refractivity contribution >= 4 is 5.78 Å². The van der Waals surface area contributed by atoms with Crippen molar-refractivity contribution in [2.24, 2.45) is 0 Å². The van der Waals surface area contributed by atoms with Gasteiger partial charge in [-0.05, 0) is 17.7 Å². The van der Waals surface area contributed by atoms with Crippen LogP contribution in [0.2, 0.25) is 0 Å². The van der Waals surface area contributed by atoms with Gasteiger partial charge in [-0.15, -0.1) is 0 Å². The zero-order chi connectivity index (χ0) is 22.4. The fraction of sp³-hybridized carbons (Fsp3) is 0.350. The molecule has 6 atom stereocenters. The van der Waals surface area contributed by atoms with Gasteiger partial charge in [0.05, 0.1) is 6.61 Å². The third-order valence-corrected chi connectivity index (χ3v) is 5.16. The molecule has 0 aliphatic carbocycles. The van der Waals surface area contributed by atoms with Crippen molar-refractivity contribution in [3.63, 3.8) is 0 Å². The lowest BCUT2D eigenvalue weighted by Crippen LogP contribution is -2.56. The van der Waals surface area contributed by atoms with Crippen LogP contribution in [0.15, 0.2) is 30.3 Å². The van der Waals surface area contributed by atoms with Crippen molar-refractivity contribution in [3.05, 3.63) is 41.5 Å². The first kappa shape index (κ1) is 21.2. The van der Waals surface area contributed by atoms with E-state index < -0.39 is 59.8 Å². The van der Waals surface area contributed by atoms with E-state index in [1.54, 1.807) is 0 Å². The van der Waals surface area contributed by atoms with Gasteiger partial charge in [-0.25, -0.2) is 0 Å². The van der Waals surface area contributed by atoms with Crippen LogP contribution in [0.25, 0.3) is 0 Å². The van der Waals surface area contributed by atoms with E-state index in [1.807, 2.05) is 0 Å². The summed E-state index contributed by atoms with van der Waals surface area (Å²) in [5, 5.41) is 69.0. The van der Waals surface area contributed by atoms with Gasteiger partial charge >= 0.3 is 0 Å². The number of hydrogen-bond donors (Lipinski definition) is 7. The molecule has 2 aromatic carbocycles. The Morgan fingerprint density at radius 1 is 0.903 bits per heavy atom. The summed E-state index contributed by atoms with van der Waals surface area (Å²) in [6.07, 6.45) is -8.95. The minimum atomic E-state index is -1.69. The molecule has 0 unspecified atom stereocenters. The molecule has 166 valence electrons. The summed E-state index contributed by atoms with van der Waals surface area (Å²) in [6, 6.07) is 5.71. The number of aliphatic hydroxyl groups is 3. The standard InChI is InChI=1S/C20H20O11/c21-8-4-11(24)14-13(5-8)30-18(7-1-2-9(22)10(23)3-7)19(16(14)27)31-20-17(28)15(26)12(25)6-29-20/h1-5,12,15,17-26,28H,6H2/t12-,15-,17+,18+,19-,20-/m0/s1. The highest BCUT2D eigenvalue weighted by Crippen LogP contribution is 2.44. The van der Waals surface area contributed by atoms with Crippen LogP contribution in [0.1, 0.15) is 22.0 Å². The number of aromatic hydroxyl groups is 4. The maximum atomic E-state index is 13.2. The summed E-state index contributed by atoms with van der Waals surface area (Å²) >= 11 is 0. The van der Waals surface area contributed by atoms with Gasteiger partial charge in [0.1, 0.15) is 41.1 Å². The molecule has 2 aliphatic heterocycles. The van der Waals surface area contributed by atoms with Crippen LogP contribution in [-0.4, -0.2) is 78.8 Å². The Morgan fingerprint density at radius 2 is 1.65 bits per heavy atom. The van der Waals surface area contributed by atoms with Gasteiger partial charge in [0.25, 0.3) is 0 Å². The van der Waals surface area contributed by atoms with Crippen molar-refractivity contribution in [3.8, 4) is 28.7 Å². The monoisotopic (exact) mass is 436 g/mol. The fourth-order valence-corrected chi connectivity index (χ4v) is 3.54. The van der Waals surface area contributed by atoms with Crippen LogP contribution in [0.4, 0.5) is 0 Å². The van der Waals surface area contributed by atoms with E-state index in [0.717, 1.165) is 24.3 Å². The Labute approximate surface area is 174 Å². The van der Waals surface area contributed by atoms with Gasteiger partial charge in [-0.3, -0.25) is 4.79 Å². The van der Waals surface area contributed by atoms with E-state index in [0.29, 0.717) is 0 Å². The van der Waals surface area contributed by atoms with Gasteiger partial charge in [0, 0.05) is 12.1 Å². The van der Waals surface area contributed by atoms with Gasteiger partial charge in [0.2, 0.25) is 5.78 Å². The van der Waals surface area contributed by atoms with E-state index in [4.69, 9.17) is 14.2 Å². The van der Waals surface area contributed by atoms with Crippen molar-refractivity contribution < 1.29 is 54.8 Å². The van der Waals surface area contributed by atoms with Gasteiger partial charge < -0.3 is 50.0 Å². The third kappa shape index (κ3) is 3.73. The van der Waals surface area contributed by atoms with Crippen LogP contribution in [0, 0.1) is 0 Å². The SMILES string of the molecule is O=C1c2c(O)cc(O)cc2O[C@H](c2ccc(O)c(O)c2)[C@H]1O[C@@H]1OC[C@H](O)[C@H](O)[C@H]1O. The molecule has 2 heterocycles. The Morgan fingerprint density at radius 3 is 2.35 bits per heavy atom. The average molecular weight is 436 g/mol. The Bertz CT molecular complexity index is 1010. The molecule has 0 spiro atoms. The van der Waals surface area contributed by atoms with E-state index in [-0.39, 0.29) is 29.2 Å². The number of Topliss-reactive ketones (excluding diaryl/α,β-unsaturated/α-hetero) is 1. The first-order valence-corrected chi connectivity index (χ1v) is 9.27. The number of hydrogen-bond acceptors (Lipinski definition) is 11. The highest BCUT2D eigenvalue weighted by molar-refractivity contribution is 6.05. The molecule has 11 nitrogen and oxygen atoms in total. The number of carbonyl (C=O) groups is 1. The summed E-state index contributed by atoms with van der Waals surface area (Å²) in [5.41, 5.74) is -0.0963. The topological polar surface area (TPSA) is 186 Å². The second kappa shape index (κ2) is 7.87. The molecular formula is C20H20O11. The number of carbonyl (C=O) groups excluding carboxylic acids is 1. The Balaban J connectivity index is 1.74. The highest BCUT2D eigenvalue weighted by Gasteiger charge is 2.46. The molecule has 1 fully saturated rings. The zero-order valence-electron chi connectivity index (χ0n) is 15.8. The summed E-state index contributed by atoms with van der Waals surface area (Å²) < 4.78 is 16.6. The number of phenols is 4. The van der Waals surface area contributed by atoms with Crippen LogP contribution in [-0.2, 0) is 9.47 Å². The molecule has 2 aliphatic rings. The molecule has 0 bridgehead atoms. The molecule has 0 amide bonds. The van der Waals surface area contributed by atoms with Gasteiger partial charge in [0.15, 0.2) is 30.0 Å². The van der Waals surface area contributed by atoms with E-state index in [2.05, 4.69) is 0 Å². The molecule has 0 radical (unpaired) electrons. The number of aliphatic hydroxyl groups excluding tert-OH is 3. The average Bonchev–Trinajstić information content (AvgIpc) is 2.71. The van der Waals surface area contributed by atoms with Crippen molar-refractivity contribution in [1.82, 2.24) is 0 Å². The lowest BCUT2D eigenvalue weighted by atomic mass is 9.92. The minimum absolute atomic E-state index is 0.152. The molecule has 11 heteroatoms. The summed E-state index contributed by atoms with van der Waals surface area (Å²) in [4.78, 5) is 13.2. The predicted octanol–water partition coefficient (Wildman–Crippen LogP) is -0.350. The Kier molecular flexibility index (Phi) is 5.37. The van der Waals surface area contributed by atoms with E-state index in [1.165, 1.54) is 6.07 Å². The summed E-state index contributed by atoms with van der Waals surface area (Å²) in [5.74, 6) is -2.78. The van der Waals surface area contributed by atoms with Crippen molar-refractivity contribution in [2.75, 3.05) is 6.61 Å². The number of ether oxygens (including phenoxy) is 3. The number of rotatable bonds is 3. The second-order valence-electron chi connectivity index (χ2n) is 7.30. The van der Waals surface area contributed by atoms with Crippen molar-refractivity contribution in [1.29, 1.82) is 0 Å². The highest BCUT2D eigenvalue weighted by atomic mass is 16.7. The largest absolute Gasteiger partial charge is 0.508 e. The second-order valence-corrected chi connectivity index (χ2v) is 7.30. The Hall–Kier alpha value is -3.09. The fourth-order valence-electron chi connectivity index (χ4n) is 3.54. The molecule has 31 heavy (non-hydrogen) atoms. The quantitative estimate of drug-likeness (QED) is 0.312. The van der Waals surface area contributed by atoms with Crippen LogP contribution < -0.4 is 4.74 Å². The normalized spacial score (nSPS) is 30.5. The lowest BCUT2D eigenvalue weighted by molar-refractivity contribution is -0.283. The maximum absolute atomic E-state index is 13.2. The molecule has 2 aromatic rings. The number of phenolic OH excluding ortho intramolecular Hbond substituents is 4. The molecule has 7 N–H and O–H groups in total. The van der Waals surface area contributed by atoms with Crippen LogP contribution >= 0.6 is 0 Å². The van der Waals surface area contributed by atoms with Crippen LogP contribution in [0.5, 0.6) is 28.7 Å². The molecular weight excluding hydrogens is 416 g/mol. The smallest absolute Gasteiger partial charge is 0.203 e. The first-order chi connectivity index (χ1) is 14.7. The molecule has 0 saturated carbocycles. The third-order valence-electron chi connectivity index (χ3n) is 5.16. The van der Waals surface area contributed by atoms with Crippen molar-refractivity contribution in [2.45, 2.75) is 36.8 Å². The number of fused-ring (bicyclic) bond motifs is 1. The summed E-state index contributed by atoms with van der Waals surface area (Å²) in [7, 11) is 0. The van der Waals surface area contributed by atoms with Gasteiger partial charge in [-0.1, -0.05) is 6.07 Å². The number of benzene rings is 2. The predicted molar refractivity (Wildman–Crippen MR) is 99.9 cm³/mol. The summed E-state index contributed by atoms with van der Waals surface area (Å²) in [6.45, 7) is -0.370. The number of ketones is 1. The minimum Gasteiger partial charge on any atom is -0.508 e. The molecule has 1 saturated heterocycles. The first-order valence-electron chi connectivity index (χ1n) is 9.27. The van der Waals surface area contributed by atoms with Gasteiger partial charge in [-0.2, -0.15) is 0 Å².